The van der Waals surface area contributed by atoms with Crippen molar-refractivity contribution in [2.45, 2.75) is 61.7 Å². The van der Waals surface area contributed by atoms with Gasteiger partial charge in [0.15, 0.2) is 12.6 Å². The van der Waals surface area contributed by atoms with Crippen molar-refractivity contribution in [2.75, 3.05) is 11.8 Å². The van der Waals surface area contributed by atoms with E-state index in [1.54, 1.807) is 0 Å². The number of ether oxygens (including phenoxy) is 3. The summed E-state index contributed by atoms with van der Waals surface area (Å²) in [7, 11) is 0. The van der Waals surface area contributed by atoms with E-state index in [1.807, 2.05) is 0 Å². The predicted octanol–water partition coefficient (Wildman–Crippen LogP) is -1.87. The van der Waals surface area contributed by atoms with Crippen LogP contribution in [0.2, 0.25) is 0 Å². The zero-order valence-electron chi connectivity index (χ0n) is 11.5. The lowest BCUT2D eigenvalue weighted by Crippen LogP contribution is -2.61. The molecule has 2 aliphatic rings. The van der Waals surface area contributed by atoms with Crippen molar-refractivity contribution in [3.8, 4) is 0 Å². The van der Waals surface area contributed by atoms with Gasteiger partial charge in [-0.2, -0.15) is 0 Å². The minimum absolute atomic E-state index is 0.0909. The first-order valence-corrected chi connectivity index (χ1v) is 7.94. The Hall–Kier alpha value is 0.260. The van der Waals surface area contributed by atoms with E-state index in [9.17, 15) is 25.5 Å². The average molecular weight is 363 g/mol. The molecular weight excluding hydrogens is 343 g/mol. The number of rotatable bonds is 4. The van der Waals surface area contributed by atoms with Crippen molar-refractivity contribution in [2.24, 2.45) is 0 Å². The van der Waals surface area contributed by atoms with E-state index in [-0.39, 0.29) is 18.2 Å². The quantitative estimate of drug-likeness (QED) is 0.368. The molecule has 130 valence electrons. The van der Waals surface area contributed by atoms with Crippen LogP contribution in [0.3, 0.4) is 0 Å². The maximum atomic E-state index is 10.0. The second-order valence-corrected chi connectivity index (χ2v) is 5.99. The summed E-state index contributed by atoms with van der Waals surface area (Å²) in [6.07, 6.45) is -10.9. The van der Waals surface area contributed by atoms with Gasteiger partial charge in [-0.05, 0) is 0 Å². The molecule has 22 heavy (non-hydrogen) atoms. The van der Waals surface area contributed by atoms with Crippen LogP contribution >= 0.6 is 23.2 Å². The van der Waals surface area contributed by atoms with Gasteiger partial charge in [0.1, 0.15) is 30.5 Å². The third-order valence-electron chi connectivity index (χ3n) is 3.78. The maximum absolute atomic E-state index is 10.0. The van der Waals surface area contributed by atoms with Crippen LogP contribution < -0.4 is 0 Å². The molecule has 0 aromatic rings. The maximum Gasteiger partial charge on any atom is 0.186 e. The van der Waals surface area contributed by atoms with Gasteiger partial charge in [0.25, 0.3) is 0 Å². The number of hydrogen-bond donors (Lipinski definition) is 5. The molecule has 0 unspecified atom stereocenters. The Morgan fingerprint density at radius 1 is 0.909 bits per heavy atom. The first kappa shape index (κ1) is 18.6. The van der Waals surface area contributed by atoms with Crippen molar-refractivity contribution in [3.63, 3.8) is 0 Å². The van der Waals surface area contributed by atoms with E-state index in [0.717, 1.165) is 0 Å². The lowest BCUT2D eigenvalue weighted by Gasteiger charge is -2.44. The molecule has 2 aliphatic heterocycles. The minimum atomic E-state index is -1.60. The summed E-state index contributed by atoms with van der Waals surface area (Å²) in [6, 6.07) is 0. The Morgan fingerprint density at radius 3 is 2.18 bits per heavy atom. The first-order chi connectivity index (χ1) is 10.4. The number of halogens is 2. The summed E-state index contributed by atoms with van der Waals surface area (Å²) in [5, 5.41) is 48.9. The summed E-state index contributed by atoms with van der Waals surface area (Å²) < 4.78 is 15.9. The lowest BCUT2D eigenvalue weighted by molar-refractivity contribution is -0.336. The van der Waals surface area contributed by atoms with Gasteiger partial charge in [-0.1, -0.05) is 0 Å². The molecule has 2 rings (SSSR count). The third kappa shape index (κ3) is 3.84. The minimum Gasteiger partial charge on any atom is -0.390 e. The molecule has 10 heteroatoms. The van der Waals surface area contributed by atoms with Crippen LogP contribution in [0.5, 0.6) is 0 Å². The van der Waals surface area contributed by atoms with Gasteiger partial charge >= 0.3 is 0 Å². The van der Waals surface area contributed by atoms with Crippen LogP contribution in [0.15, 0.2) is 0 Å². The van der Waals surface area contributed by atoms with E-state index < -0.39 is 55.3 Å². The molecule has 9 atom stereocenters. The highest BCUT2D eigenvalue weighted by molar-refractivity contribution is 6.18. The summed E-state index contributed by atoms with van der Waals surface area (Å²) in [4.78, 5) is 0. The Balaban J connectivity index is 2.08. The monoisotopic (exact) mass is 362 g/mol. The molecule has 0 saturated carbocycles. The fourth-order valence-corrected chi connectivity index (χ4v) is 2.94. The van der Waals surface area contributed by atoms with Crippen molar-refractivity contribution >= 4 is 23.2 Å². The Bertz CT molecular complexity index is 360. The number of aliphatic hydroxyl groups excluding tert-OH is 5. The fourth-order valence-electron chi connectivity index (χ4n) is 2.49. The van der Waals surface area contributed by atoms with Gasteiger partial charge in [0.05, 0.1) is 18.1 Å². The topological polar surface area (TPSA) is 129 Å². The van der Waals surface area contributed by atoms with Gasteiger partial charge in [0.2, 0.25) is 0 Å². The Labute approximate surface area is 137 Å². The highest BCUT2D eigenvalue weighted by Gasteiger charge is 2.47. The molecule has 2 saturated heterocycles. The van der Waals surface area contributed by atoms with E-state index >= 15 is 0 Å². The predicted molar refractivity (Wildman–Crippen MR) is 74.5 cm³/mol. The molecular formula is C12H20Cl2O8. The van der Waals surface area contributed by atoms with Gasteiger partial charge in [0, 0.05) is 12.3 Å². The smallest absolute Gasteiger partial charge is 0.186 e. The highest BCUT2D eigenvalue weighted by Crippen LogP contribution is 2.29. The first-order valence-electron chi connectivity index (χ1n) is 6.87. The molecule has 0 bridgehead atoms. The fraction of sp³-hybridized carbons (Fsp3) is 1.00. The molecule has 0 aliphatic carbocycles. The van der Waals surface area contributed by atoms with Crippen molar-refractivity contribution in [3.05, 3.63) is 0 Å². The summed E-state index contributed by atoms with van der Waals surface area (Å²) in [5.41, 5.74) is 0. The van der Waals surface area contributed by atoms with Gasteiger partial charge in [-0.25, -0.2) is 0 Å². The molecule has 5 N–H and O–H groups in total. The van der Waals surface area contributed by atoms with Crippen LogP contribution in [0.25, 0.3) is 0 Å². The van der Waals surface area contributed by atoms with E-state index in [4.69, 9.17) is 37.4 Å². The molecule has 0 amide bonds. The van der Waals surface area contributed by atoms with Gasteiger partial charge in [-0.3, -0.25) is 0 Å². The van der Waals surface area contributed by atoms with Crippen LogP contribution in [0.4, 0.5) is 0 Å². The lowest BCUT2D eigenvalue weighted by atomic mass is 9.98. The normalized spacial score (nSPS) is 50.0. The second-order valence-electron chi connectivity index (χ2n) is 5.38. The van der Waals surface area contributed by atoms with Gasteiger partial charge in [-0.15, -0.1) is 23.2 Å². The van der Waals surface area contributed by atoms with Crippen molar-refractivity contribution in [1.29, 1.82) is 0 Å². The standard InChI is InChI=1S/C12H20Cl2O8/c13-2-4-1-5(15)7(16)12(20-4)22-10-6(3-14)21-11(19)9(18)8(10)17/h4-12,15-19H,1-3H2/t4-,5-,6+,7+,8+,9+,10+,11-,12+/m0/s1. The van der Waals surface area contributed by atoms with Gasteiger partial charge < -0.3 is 39.7 Å². The van der Waals surface area contributed by atoms with Crippen molar-refractivity contribution in [1.82, 2.24) is 0 Å². The average Bonchev–Trinajstić information content (AvgIpc) is 2.51. The molecule has 8 nitrogen and oxygen atoms in total. The molecule has 0 radical (unpaired) electrons. The Morgan fingerprint density at radius 2 is 1.59 bits per heavy atom. The van der Waals surface area contributed by atoms with Crippen LogP contribution in [0, 0.1) is 0 Å². The summed E-state index contributed by atoms with van der Waals surface area (Å²) in [5.74, 6) is -0.0382. The van der Waals surface area contributed by atoms with E-state index in [0.29, 0.717) is 0 Å². The van der Waals surface area contributed by atoms with Crippen LogP contribution in [-0.2, 0) is 14.2 Å². The van der Waals surface area contributed by atoms with Crippen LogP contribution in [-0.4, -0.2) is 92.6 Å². The molecule has 0 aromatic heterocycles. The highest BCUT2D eigenvalue weighted by atomic mass is 35.5. The van der Waals surface area contributed by atoms with E-state index in [1.165, 1.54) is 0 Å². The summed E-state index contributed by atoms with van der Waals surface area (Å²) in [6.45, 7) is 0. The zero-order chi connectivity index (χ0) is 16.4. The zero-order valence-corrected chi connectivity index (χ0v) is 13.0. The van der Waals surface area contributed by atoms with Crippen molar-refractivity contribution < 1.29 is 39.7 Å². The SMILES string of the molecule is O[C@@H]1[C@@H](O)[C@@H](O)O[C@H](CCl)[C@H]1O[C@H]1O[C@H](CCl)C[C@H](O)[C@H]1O. The number of hydrogen-bond acceptors (Lipinski definition) is 8. The number of aliphatic hydroxyl groups is 5. The summed E-state index contributed by atoms with van der Waals surface area (Å²) >= 11 is 11.4. The van der Waals surface area contributed by atoms with E-state index in [2.05, 4.69) is 0 Å². The molecule has 0 aromatic carbocycles. The molecule has 2 fully saturated rings. The second kappa shape index (κ2) is 7.89. The Kier molecular flexibility index (Phi) is 6.67. The largest absolute Gasteiger partial charge is 0.390 e. The number of alkyl halides is 2. The van der Waals surface area contributed by atoms with Crippen LogP contribution in [0.1, 0.15) is 6.42 Å². The molecule has 2 heterocycles. The third-order valence-corrected chi connectivity index (χ3v) is 4.43. The molecule has 0 spiro atoms.